The molecule has 0 atom stereocenters. The molecule has 1 amide bonds. The van der Waals surface area contributed by atoms with Crippen LogP contribution in [0.1, 0.15) is 21.6 Å². The maximum atomic E-state index is 12.3. The molecule has 27 heavy (non-hydrogen) atoms. The summed E-state index contributed by atoms with van der Waals surface area (Å²) < 4.78 is 5.33. The number of pyridine rings is 1. The van der Waals surface area contributed by atoms with Crippen molar-refractivity contribution in [1.82, 2.24) is 10.3 Å². The number of ether oxygens (including phenoxy) is 1. The third-order valence-corrected chi connectivity index (χ3v) is 4.29. The molecule has 5 nitrogen and oxygen atoms in total. The van der Waals surface area contributed by atoms with Crippen LogP contribution in [0.2, 0.25) is 0 Å². The number of nitrogens with one attached hydrogen (secondary N) is 2. The highest BCUT2D eigenvalue weighted by Gasteiger charge is 2.08. The number of carbonyl (C=O) groups excluding carboxylic acids is 1. The molecular weight excluding hydrogens is 338 g/mol. The number of amides is 1. The molecule has 2 aromatic carbocycles. The van der Waals surface area contributed by atoms with E-state index in [4.69, 9.17) is 4.74 Å². The fraction of sp³-hybridized carbons (Fsp3) is 0.182. The molecule has 0 radical (unpaired) electrons. The standard InChI is InChI=1S/C22H23N3O2/c1-16-7-3-5-9-19(16)25-18-11-12-20(24-15-18)22(26)23-14-13-17-8-4-6-10-21(17)27-2/h3-12,15,25H,13-14H2,1-2H3,(H,23,26). The summed E-state index contributed by atoms with van der Waals surface area (Å²) >= 11 is 0. The molecule has 0 aliphatic carbocycles. The van der Waals surface area contributed by atoms with Gasteiger partial charge in [0.25, 0.3) is 5.91 Å². The van der Waals surface area contributed by atoms with Crippen molar-refractivity contribution in [3.05, 3.63) is 83.7 Å². The number of para-hydroxylation sites is 2. The van der Waals surface area contributed by atoms with Gasteiger partial charge in [0.2, 0.25) is 0 Å². The molecule has 0 aliphatic rings. The van der Waals surface area contributed by atoms with Gasteiger partial charge in [-0.25, -0.2) is 4.98 Å². The van der Waals surface area contributed by atoms with Gasteiger partial charge in [-0.2, -0.15) is 0 Å². The van der Waals surface area contributed by atoms with E-state index < -0.39 is 0 Å². The second kappa shape index (κ2) is 8.85. The summed E-state index contributed by atoms with van der Waals surface area (Å²) in [6.45, 7) is 2.56. The van der Waals surface area contributed by atoms with Gasteiger partial charge in [-0.15, -0.1) is 0 Å². The predicted octanol–water partition coefficient (Wildman–Crippen LogP) is 4.11. The summed E-state index contributed by atoms with van der Waals surface area (Å²) in [5.41, 5.74) is 4.47. The highest BCUT2D eigenvalue weighted by atomic mass is 16.5. The topological polar surface area (TPSA) is 63.2 Å². The van der Waals surface area contributed by atoms with Crippen molar-refractivity contribution in [1.29, 1.82) is 0 Å². The van der Waals surface area contributed by atoms with E-state index in [-0.39, 0.29) is 5.91 Å². The second-order valence-corrected chi connectivity index (χ2v) is 6.19. The largest absolute Gasteiger partial charge is 0.496 e. The van der Waals surface area contributed by atoms with Crippen LogP contribution in [0.4, 0.5) is 11.4 Å². The Kier molecular flexibility index (Phi) is 6.05. The number of aromatic nitrogens is 1. The molecule has 0 saturated heterocycles. The summed E-state index contributed by atoms with van der Waals surface area (Å²) in [6.07, 6.45) is 2.37. The summed E-state index contributed by atoms with van der Waals surface area (Å²) in [4.78, 5) is 16.6. The Labute approximate surface area is 159 Å². The van der Waals surface area contributed by atoms with Gasteiger partial charge in [0.05, 0.1) is 19.0 Å². The zero-order chi connectivity index (χ0) is 19.1. The van der Waals surface area contributed by atoms with Gasteiger partial charge < -0.3 is 15.4 Å². The van der Waals surface area contributed by atoms with Crippen molar-refractivity contribution >= 4 is 17.3 Å². The first-order chi connectivity index (χ1) is 13.2. The van der Waals surface area contributed by atoms with Crippen molar-refractivity contribution in [2.75, 3.05) is 19.0 Å². The number of rotatable bonds is 7. The van der Waals surface area contributed by atoms with Crippen LogP contribution < -0.4 is 15.4 Å². The summed E-state index contributed by atoms with van der Waals surface area (Å²) in [5, 5.41) is 6.21. The molecule has 0 bridgehead atoms. The Balaban J connectivity index is 1.55. The molecule has 2 N–H and O–H groups in total. The maximum absolute atomic E-state index is 12.3. The molecular formula is C22H23N3O2. The van der Waals surface area contributed by atoms with Crippen LogP contribution in [0.5, 0.6) is 5.75 Å². The summed E-state index contributed by atoms with van der Waals surface area (Å²) in [6, 6.07) is 19.4. The SMILES string of the molecule is COc1ccccc1CCNC(=O)c1ccc(Nc2ccccc2C)cn1. The van der Waals surface area contributed by atoms with Gasteiger partial charge in [-0.05, 0) is 48.7 Å². The van der Waals surface area contributed by atoms with Gasteiger partial charge in [-0.3, -0.25) is 4.79 Å². The third kappa shape index (κ3) is 4.85. The number of aryl methyl sites for hydroxylation is 1. The van der Waals surface area contributed by atoms with Crippen molar-refractivity contribution in [2.24, 2.45) is 0 Å². The second-order valence-electron chi connectivity index (χ2n) is 6.19. The van der Waals surface area contributed by atoms with Crippen LogP contribution in [-0.2, 0) is 6.42 Å². The summed E-state index contributed by atoms with van der Waals surface area (Å²) in [7, 11) is 1.65. The van der Waals surface area contributed by atoms with Crippen LogP contribution in [0, 0.1) is 6.92 Å². The first-order valence-electron chi connectivity index (χ1n) is 8.86. The number of benzene rings is 2. The molecule has 1 heterocycles. The molecule has 0 fully saturated rings. The predicted molar refractivity (Wildman–Crippen MR) is 108 cm³/mol. The average molecular weight is 361 g/mol. The number of carbonyl (C=O) groups is 1. The highest BCUT2D eigenvalue weighted by Crippen LogP contribution is 2.19. The Morgan fingerprint density at radius 2 is 1.81 bits per heavy atom. The number of nitrogens with zero attached hydrogens (tertiary/aromatic N) is 1. The van der Waals surface area contributed by atoms with E-state index in [0.29, 0.717) is 18.7 Å². The van der Waals surface area contributed by atoms with Crippen LogP contribution in [0.15, 0.2) is 66.9 Å². The molecule has 3 aromatic rings. The van der Waals surface area contributed by atoms with E-state index in [0.717, 1.165) is 28.3 Å². The van der Waals surface area contributed by atoms with Gasteiger partial charge >= 0.3 is 0 Å². The zero-order valence-electron chi connectivity index (χ0n) is 15.5. The van der Waals surface area contributed by atoms with Gasteiger partial charge in [0.1, 0.15) is 11.4 Å². The maximum Gasteiger partial charge on any atom is 0.269 e. The van der Waals surface area contributed by atoms with Gasteiger partial charge in [0, 0.05) is 12.2 Å². The fourth-order valence-electron chi connectivity index (χ4n) is 2.78. The number of hydrogen-bond donors (Lipinski definition) is 2. The van der Waals surface area contributed by atoms with Gasteiger partial charge in [-0.1, -0.05) is 36.4 Å². The third-order valence-electron chi connectivity index (χ3n) is 4.29. The van der Waals surface area contributed by atoms with Crippen LogP contribution in [0.3, 0.4) is 0 Å². The first-order valence-corrected chi connectivity index (χ1v) is 8.86. The minimum absolute atomic E-state index is 0.188. The Hall–Kier alpha value is -3.34. The minimum Gasteiger partial charge on any atom is -0.496 e. The molecule has 3 rings (SSSR count). The van der Waals surface area contributed by atoms with Crippen LogP contribution in [0.25, 0.3) is 0 Å². The lowest BCUT2D eigenvalue weighted by Crippen LogP contribution is -2.26. The first kappa shape index (κ1) is 18.5. The molecule has 138 valence electrons. The molecule has 0 unspecified atom stereocenters. The van der Waals surface area contributed by atoms with Crippen molar-refractivity contribution in [3.63, 3.8) is 0 Å². The Morgan fingerprint density at radius 1 is 1.04 bits per heavy atom. The van der Waals surface area contributed by atoms with Crippen molar-refractivity contribution < 1.29 is 9.53 Å². The lowest BCUT2D eigenvalue weighted by molar-refractivity contribution is 0.0949. The number of anilines is 2. The van der Waals surface area contributed by atoms with E-state index in [1.807, 2.05) is 61.5 Å². The van der Waals surface area contributed by atoms with Gasteiger partial charge in [0.15, 0.2) is 0 Å². The molecule has 1 aromatic heterocycles. The van der Waals surface area contributed by atoms with Crippen LogP contribution in [-0.4, -0.2) is 24.5 Å². The fourth-order valence-corrected chi connectivity index (χ4v) is 2.78. The highest BCUT2D eigenvalue weighted by molar-refractivity contribution is 5.92. The number of hydrogen-bond acceptors (Lipinski definition) is 4. The van der Waals surface area contributed by atoms with E-state index in [9.17, 15) is 4.79 Å². The lowest BCUT2D eigenvalue weighted by atomic mass is 10.1. The Bertz CT molecular complexity index is 907. The minimum atomic E-state index is -0.188. The zero-order valence-corrected chi connectivity index (χ0v) is 15.5. The lowest BCUT2D eigenvalue weighted by Gasteiger charge is -2.10. The quantitative estimate of drug-likeness (QED) is 0.665. The van der Waals surface area contributed by atoms with E-state index in [1.165, 1.54) is 0 Å². The van der Waals surface area contributed by atoms with E-state index in [1.54, 1.807) is 19.4 Å². The molecule has 0 aliphatic heterocycles. The van der Waals surface area contributed by atoms with E-state index in [2.05, 4.69) is 15.6 Å². The molecule has 5 heteroatoms. The van der Waals surface area contributed by atoms with Crippen molar-refractivity contribution in [2.45, 2.75) is 13.3 Å². The average Bonchev–Trinajstić information content (AvgIpc) is 2.70. The molecule has 0 saturated carbocycles. The smallest absolute Gasteiger partial charge is 0.269 e. The number of methoxy groups -OCH3 is 1. The van der Waals surface area contributed by atoms with Crippen LogP contribution >= 0.6 is 0 Å². The molecule has 0 spiro atoms. The summed E-state index contributed by atoms with van der Waals surface area (Å²) in [5.74, 6) is 0.642. The Morgan fingerprint density at radius 3 is 2.56 bits per heavy atom. The van der Waals surface area contributed by atoms with E-state index >= 15 is 0 Å². The normalized spacial score (nSPS) is 10.3. The monoisotopic (exact) mass is 361 g/mol. The van der Waals surface area contributed by atoms with Crippen molar-refractivity contribution in [3.8, 4) is 5.75 Å².